The maximum absolute atomic E-state index is 13.1. The number of esters is 1. The topological polar surface area (TPSA) is 214 Å². The van der Waals surface area contributed by atoms with Crippen LogP contribution in [0.5, 0.6) is 0 Å². The molecule has 2 aliphatic rings. The molecule has 2 aliphatic heterocycles. The van der Waals surface area contributed by atoms with Crippen molar-refractivity contribution in [3.8, 4) is 0 Å². The summed E-state index contributed by atoms with van der Waals surface area (Å²) in [6.07, 6.45) is 48.2. The first-order valence-electron chi connectivity index (χ1n) is 28.1. The fourth-order valence-corrected chi connectivity index (χ4v) is 7.98. The predicted octanol–water partition coefficient (Wildman–Crippen LogP) is 9.74. The fraction of sp³-hybridized carbons (Fsp3) is 0.656. The highest BCUT2D eigenvalue weighted by Gasteiger charge is 2.47. The van der Waals surface area contributed by atoms with E-state index in [4.69, 9.17) is 28.4 Å². The lowest BCUT2D eigenvalue weighted by molar-refractivity contribution is -0.332. The summed E-state index contributed by atoms with van der Waals surface area (Å²) in [7, 11) is 0. The molecule has 7 N–H and O–H groups in total. The average molecular weight is 1060 g/mol. The second kappa shape index (κ2) is 46.5. The van der Waals surface area contributed by atoms with E-state index in [1.807, 2.05) is 0 Å². The normalized spacial score (nSPS) is 25.6. The zero-order valence-electron chi connectivity index (χ0n) is 45.5. The molecule has 0 aromatic rings. The number of carbonyl (C=O) groups is 1. The maximum Gasteiger partial charge on any atom is 0.306 e. The number of rotatable bonds is 43. The Hall–Kier alpha value is -3.61. The van der Waals surface area contributed by atoms with Crippen molar-refractivity contribution >= 4 is 5.97 Å². The Bertz CT molecular complexity index is 1700. The van der Waals surface area contributed by atoms with Gasteiger partial charge in [-0.05, 0) is 103 Å². The van der Waals surface area contributed by atoms with Crippen molar-refractivity contribution in [1.82, 2.24) is 0 Å². The van der Waals surface area contributed by atoms with Crippen LogP contribution in [0.2, 0.25) is 0 Å². The van der Waals surface area contributed by atoms with E-state index in [1.54, 1.807) is 0 Å². The summed E-state index contributed by atoms with van der Waals surface area (Å²) in [6.45, 7) is 3.33. The summed E-state index contributed by atoms with van der Waals surface area (Å²) in [4.78, 5) is 13.1. The van der Waals surface area contributed by atoms with Crippen LogP contribution in [0.25, 0.3) is 0 Å². The largest absolute Gasteiger partial charge is 0.457 e. The van der Waals surface area contributed by atoms with Crippen LogP contribution >= 0.6 is 0 Å². The Kier molecular flexibility index (Phi) is 41.8. The molecule has 0 aliphatic carbocycles. The van der Waals surface area contributed by atoms with Gasteiger partial charge in [-0.25, -0.2) is 0 Å². The van der Waals surface area contributed by atoms with Crippen molar-refractivity contribution in [1.29, 1.82) is 0 Å². The van der Waals surface area contributed by atoms with Crippen LogP contribution in [0.15, 0.2) is 122 Å². The van der Waals surface area contributed by atoms with E-state index in [9.17, 15) is 40.5 Å². The van der Waals surface area contributed by atoms with Crippen LogP contribution in [-0.4, -0.2) is 142 Å². The molecule has 2 rings (SSSR count). The molecular formula is C61H98O14. The second-order valence-electron chi connectivity index (χ2n) is 19.0. The Labute approximate surface area is 450 Å². The molecule has 14 heteroatoms. The lowest BCUT2D eigenvalue weighted by Crippen LogP contribution is -2.61. The molecule has 11 atom stereocenters. The minimum Gasteiger partial charge on any atom is -0.457 e. The molecule has 0 saturated carbocycles. The Morgan fingerprint density at radius 1 is 0.440 bits per heavy atom. The van der Waals surface area contributed by atoms with Crippen molar-refractivity contribution in [2.75, 3.05) is 33.0 Å². The van der Waals surface area contributed by atoms with E-state index in [-0.39, 0.29) is 19.6 Å². The summed E-state index contributed by atoms with van der Waals surface area (Å²) in [5, 5.41) is 72.3. The summed E-state index contributed by atoms with van der Waals surface area (Å²) >= 11 is 0. The number of ether oxygens (including phenoxy) is 6. The van der Waals surface area contributed by atoms with Crippen LogP contribution in [0.3, 0.4) is 0 Å². The first-order valence-corrected chi connectivity index (χ1v) is 28.1. The van der Waals surface area contributed by atoms with E-state index in [2.05, 4.69) is 135 Å². The standard InChI is InChI=1S/C61H98O14/c1-3-5-7-9-11-13-15-17-19-21-23-24-25-27-29-31-33-35-37-39-41-43-45-70-47-50(73-53(63)44-42-40-38-36-34-32-30-28-26-22-20-18-16-14-12-10-8-6-4-2)48-71-60-59(69)57(67)55(65)52(75-60)49-72-61-58(68)56(66)54(64)51(46-62)74-61/h5-8,11-14,17-20,23-24,26-29,33,35,50-52,54-62,64-69H,3-4,9-10,15-16,21-22,25,30-32,34,36-49H2,1-2H3/b7-5-,8-6-,13-11-,14-12-,19-17-,20-18-,24-23-,28-26-,29-27-,35-33-. The lowest BCUT2D eigenvalue weighted by Gasteiger charge is -2.42. The molecule has 11 unspecified atom stereocenters. The number of aliphatic hydroxyl groups is 7. The van der Waals surface area contributed by atoms with Gasteiger partial charge in [0.25, 0.3) is 0 Å². The molecule has 0 amide bonds. The van der Waals surface area contributed by atoms with E-state index >= 15 is 0 Å². The van der Waals surface area contributed by atoms with Gasteiger partial charge >= 0.3 is 5.97 Å². The number of unbranched alkanes of at least 4 members (excludes halogenated alkanes) is 9. The quantitative estimate of drug-likeness (QED) is 0.0172. The molecule has 0 bridgehead atoms. The van der Waals surface area contributed by atoms with Gasteiger partial charge in [-0.15, -0.1) is 0 Å². The van der Waals surface area contributed by atoms with Gasteiger partial charge in [0.1, 0.15) is 54.9 Å². The van der Waals surface area contributed by atoms with Gasteiger partial charge in [0.05, 0.1) is 26.4 Å². The first-order chi connectivity index (χ1) is 36.6. The zero-order chi connectivity index (χ0) is 54.4. The molecule has 2 heterocycles. The Morgan fingerprint density at radius 3 is 1.29 bits per heavy atom. The van der Waals surface area contributed by atoms with E-state index in [0.717, 1.165) is 128 Å². The number of allylic oxidation sites excluding steroid dienone is 20. The molecular weight excluding hydrogens is 957 g/mol. The number of hydrogen-bond acceptors (Lipinski definition) is 14. The van der Waals surface area contributed by atoms with E-state index in [0.29, 0.717) is 13.0 Å². The molecule has 75 heavy (non-hydrogen) atoms. The minimum absolute atomic E-state index is 0.0236. The van der Waals surface area contributed by atoms with Gasteiger partial charge < -0.3 is 64.2 Å². The van der Waals surface area contributed by atoms with Crippen molar-refractivity contribution < 1.29 is 69.0 Å². The van der Waals surface area contributed by atoms with Crippen LogP contribution in [0.4, 0.5) is 0 Å². The number of hydrogen-bond donors (Lipinski definition) is 7. The molecule has 0 spiro atoms. The summed E-state index contributed by atoms with van der Waals surface area (Å²) in [6, 6.07) is 0. The second-order valence-corrected chi connectivity index (χ2v) is 19.0. The van der Waals surface area contributed by atoms with Gasteiger partial charge in [0, 0.05) is 13.0 Å². The SMILES string of the molecule is CC/C=C\C/C=C\C/C=C\C/C=C\C/C=C\C/C=C\CCCCCOCC(COC1OC(COC2OC(CO)C(O)C(O)C2O)C(O)C(O)C1O)OC(=O)CCCCCCCC/C=C\C/C=C\C/C=C\C/C=C\CC. The van der Waals surface area contributed by atoms with Gasteiger partial charge in [0.2, 0.25) is 0 Å². The maximum atomic E-state index is 13.1. The van der Waals surface area contributed by atoms with Gasteiger partial charge in [-0.2, -0.15) is 0 Å². The zero-order valence-corrected chi connectivity index (χ0v) is 45.5. The highest BCUT2D eigenvalue weighted by Crippen LogP contribution is 2.26. The van der Waals surface area contributed by atoms with E-state index in [1.165, 1.54) is 0 Å². The fourth-order valence-electron chi connectivity index (χ4n) is 7.98. The lowest BCUT2D eigenvalue weighted by atomic mass is 9.98. The van der Waals surface area contributed by atoms with Crippen LogP contribution in [-0.2, 0) is 33.2 Å². The average Bonchev–Trinajstić information content (AvgIpc) is 3.41. The van der Waals surface area contributed by atoms with Crippen molar-refractivity contribution in [2.24, 2.45) is 0 Å². The van der Waals surface area contributed by atoms with Crippen molar-refractivity contribution in [2.45, 2.75) is 223 Å². The number of aliphatic hydroxyl groups excluding tert-OH is 7. The smallest absolute Gasteiger partial charge is 0.306 e. The van der Waals surface area contributed by atoms with Crippen molar-refractivity contribution in [3.63, 3.8) is 0 Å². The molecule has 2 saturated heterocycles. The third kappa shape index (κ3) is 33.3. The highest BCUT2D eigenvalue weighted by atomic mass is 16.7. The first kappa shape index (κ1) is 67.5. The third-order valence-corrected chi connectivity index (χ3v) is 12.5. The molecule has 0 aromatic carbocycles. The third-order valence-electron chi connectivity index (χ3n) is 12.5. The van der Waals surface area contributed by atoms with Crippen LogP contribution in [0, 0.1) is 0 Å². The number of carbonyl (C=O) groups excluding carboxylic acids is 1. The summed E-state index contributed by atoms with van der Waals surface area (Å²) in [5.74, 6) is -0.408. The summed E-state index contributed by atoms with van der Waals surface area (Å²) < 4.78 is 34.3. The monoisotopic (exact) mass is 1050 g/mol. The van der Waals surface area contributed by atoms with Gasteiger partial charge in [-0.1, -0.05) is 167 Å². The highest BCUT2D eigenvalue weighted by molar-refractivity contribution is 5.69. The Balaban J connectivity index is 1.77. The van der Waals surface area contributed by atoms with Crippen LogP contribution < -0.4 is 0 Å². The Morgan fingerprint density at radius 2 is 0.827 bits per heavy atom. The van der Waals surface area contributed by atoms with Gasteiger partial charge in [0.15, 0.2) is 12.6 Å². The molecule has 0 radical (unpaired) electrons. The summed E-state index contributed by atoms with van der Waals surface area (Å²) in [5.41, 5.74) is 0. The van der Waals surface area contributed by atoms with Crippen LogP contribution in [0.1, 0.15) is 155 Å². The van der Waals surface area contributed by atoms with E-state index < -0.39 is 86.7 Å². The molecule has 426 valence electrons. The predicted molar refractivity (Wildman–Crippen MR) is 297 cm³/mol. The molecule has 0 aromatic heterocycles. The molecule has 14 nitrogen and oxygen atoms in total. The minimum atomic E-state index is -1.72. The van der Waals surface area contributed by atoms with Gasteiger partial charge in [-0.3, -0.25) is 4.79 Å². The molecule has 2 fully saturated rings. The van der Waals surface area contributed by atoms with Crippen molar-refractivity contribution in [3.05, 3.63) is 122 Å².